The highest BCUT2D eigenvalue weighted by Crippen LogP contribution is 2.33. The van der Waals surface area contributed by atoms with Gasteiger partial charge in [-0.25, -0.2) is 8.42 Å². The number of sulfonamides is 2. The predicted molar refractivity (Wildman–Crippen MR) is 141 cm³/mol. The van der Waals surface area contributed by atoms with Crippen LogP contribution >= 0.6 is 11.6 Å². The van der Waals surface area contributed by atoms with Crippen molar-refractivity contribution in [3.05, 3.63) is 108 Å². The van der Waals surface area contributed by atoms with Crippen LogP contribution in [0.3, 0.4) is 0 Å². The Kier molecular flexibility index (Phi) is 6.21. The molecule has 4 aromatic carbocycles. The Morgan fingerprint density at radius 1 is 0.639 bits per heavy atom. The number of para-hydroxylation sites is 1. The highest BCUT2D eigenvalue weighted by Gasteiger charge is 2.24. The van der Waals surface area contributed by atoms with E-state index in [2.05, 4.69) is 9.44 Å². The molecule has 1 aromatic heterocycles. The lowest BCUT2D eigenvalue weighted by atomic mass is 10.1. The van der Waals surface area contributed by atoms with E-state index in [1.54, 1.807) is 42.5 Å². The number of halogens is 1. The molecule has 0 amide bonds. The second kappa shape index (κ2) is 9.34. The number of anilines is 2. The molecular formula is C26H19ClN2O5S2. The van der Waals surface area contributed by atoms with Gasteiger partial charge in [0.25, 0.3) is 20.0 Å². The molecule has 0 saturated carbocycles. The van der Waals surface area contributed by atoms with Crippen molar-refractivity contribution in [2.24, 2.45) is 0 Å². The first-order valence-electron chi connectivity index (χ1n) is 10.7. The third-order valence-corrected chi connectivity index (χ3v) is 8.28. The van der Waals surface area contributed by atoms with Crippen LogP contribution in [0.25, 0.3) is 22.1 Å². The zero-order valence-corrected chi connectivity index (χ0v) is 20.9. The number of nitrogens with one attached hydrogen (secondary N) is 2. The third kappa shape index (κ3) is 4.81. The maximum absolute atomic E-state index is 13.4. The van der Waals surface area contributed by atoms with E-state index >= 15 is 0 Å². The summed E-state index contributed by atoms with van der Waals surface area (Å²) < 4.78 is 63.4. The number of fused-ring (bicyclic) bond motifs is 1. The Morgan fingerprint density at radius 3 is 2.08 bits per heavy atom. The van der Waals surface area contributed by atoms with Crippen molar-refractivity contribution in [1.82, 2.24) is 0 Å². The maximum atomic E-state index is 13.4. The summed E-state index contributed by atoms with van der Waals surface area (Å²) in [7, 11) is -8.32. The fraction of sp³-hybridized carbons (Fsp3) is 0. The Labute approximate surface area is 213 Å². The van der Waals surface area contributed by atoms with Gasteiger partial charge in [0.15, 0.2) is 0 Å². The Hall–Kier alpha value is -3.79. The van der Waals surface area contributed by atoms with E-state index in [9.17, 15) is 16.8 Å². The van der Waals surface area contributed by atoms with E-state index in [0.29, 0.717) is 16.5 Å². The molecule has 0 bridgehead atoms. The summed E-state index contributed by atoms with van der Waals surface area (Å²) in [5.74, 6) is 0. The van der Waals surface area contributed by atoms with Gasteiger partial charge < -0.3 is 4.42 Å². The van der Waals surface area contributed by atoms with Gasteiger partial charge in [-0.05, 0) is 35.9 Å². The van der Waals surface area contributed by atoms with Gasteiger partial charge in [-0.3, -0.25) is 9.44 Å². The van der Waals surface area contributed by atoms with Crippen molar-refractivity contribution in [2.75, 3.05) is 9.44 Å². The molecule has 0 radical (unpaired) electrons. The van der Waals surface area contributed by atoms with E-state index < -0.39 is 20.0 Å². The largest absolute Gasteiger partial charge is 0.443 e. The van der Waals surface area contributed by atoms with Crippen LogP contribution in [-0.4, -0.2) is 16.8 Å². The van der Waals surface area contributed by atoms with Crippen LogP contribution in [0.4, 0.5) is 11.4 Å². The molecule has 10 heteroatoms. The molecule has 0 atom stereocenters. The van der Waals surface area contributed by atoms with E-state index in [1.165, 1.54) is 30.3 Å². The molecule has 0 unspecified atom stereocenters. The van der Waals surface area contributed by atoms with Gasteiger partial charge in [0.1, 0.15) is 5.58 Å². The van der Waals surface area contributed by atoms with Gasteiger partial charge in [-0.2, -0.15) is 8.42 Å². The van der Waals surface area contributed by atoms with E-state index in [1.807, 2.05) is 30.3 Å². The number of rotatable bonds is 7. The molecule has 36 heavy (non-hydrogen) atoms. The Morgan fingerprint density at radius 2 is 1.31 bits per heavy atom. The predicted octanol–water partition coefficient (Wildman–Crippen LogP) is 6.35. The molecule has 0 aliphatic carbocycles. The summed E-state index contributed by atoms with van der Waals surface area (Å²) in [5, 5.41) is 0.513. The average Bonchev–Trinajstić information content (AvgIpc) is 3.32. The summed E-state index contributed by atoms with van der Waals surface area (Å²) in [4.78, 5) is 0.0391. The van der Waals surface area contributed by atoms with Crippen LogP contribution in [-0.2, 0) is 20.0 Å². The topological polar surface area (TPSA) is 105 Å². The summed E-state index contributed by atoms with van der Waals surface area (Å²) in [6.07, 6.45) is 0. The zero-order valence-electron chi connectivity index (χ0n) is 18.6. The van der Waals surface area contributed by atoms with Gasteiger partial charge in [-0.15, -0.1) is 0 Å². The first-order valence-corrected chi connectivity index (χ1v) is 14.1. The van der Waals surface area contributed by atoms with Crippen LogP contribution in [0.1, 0.15) is 0 Å². The molecule has 0 aliphatic rings. The lowest BCUT2D eigenvalue weighted by Crippen LogP contribution is -2.18. The summed E-state index contributed by atoms with van der Waals surface area (Å²) in [5.41, 5.74) is 1.58. The molecule has 182 valence electrons. The van der Waals surface area contributed by atoms with Crippen LogP contribution in [0.2, 0.25) is 5.02 Å². The van der Waals surface area contributed by atoms with Crippen LogP contribution < -0.4 is 9.44 Å². The molecule has 7 nitrogen and oxygen atoms in total. The molecule has 0 aliphatic heterocycles. The zero-order chi connectivity index (χ0) is 25.3. The highest BCUT2D eigenvalue weighted by atomic mass is 35.5. The monoisotopic (exact) mass is 538 g/mol. The first-order chi connectivity index (χ1) is 17.2. The van der Waals surface area contributed by atoms with Gasteiger partial charge in [0.2, 0.25) is 5.09 Å². The van der Waals surface area contributed by atoms with Crippen molar-refractivity contribution >= 4 is 54.0 Å². The van der Waals surface area contributed by atoms with Gasteiger partial charge in [0.05, 0.1) is 16.3 Å². The molecule has 5 aromatic rings. The molecule has 5 rings (SSSR count). The van der Waals surface area contributed by atoms with Crippen molar-refractivity contribution in [3.63, 3.8) is 0 Å². The normalized spacial score (nSPS) is 11.9. The Bertz CT molecular complexity index is 1750. The number of furan rings is 1. The summed E-state index contributed by atoms with van der Waals surface area (Å²) in [6, 6.07) is 28.1. The lowest BCUT2D eigenvalue weighted by Gasteiger charge is -2.16. The number of hydrogen-bond acceptors (Lipinski definition) is 5. The minimum Gasteiger partial charge on any atom is -0.443 e. The minimum atomic E-state index is -4.20. The van der Waals surface area contributed by atoms with E-state index in [0.717, 1.165) is 5.56 Å². The molecule has 0 saturated heterocycles. The standard InChI is InChI=1S/C26H19ClN2O5S2/c27-20-14-15-22(23(17-20)29-36(32,33)26-16-19-10-4-6-12-24(19)34-26)28-35(30,31)25-13-7-5-11-21(25)18-8-2-1-3-9-18/h1-17,28-29H. The van der Waals surface area contributed by atoms with Crippen molar-refractivity contribution in [2.45, 2.75) is 9.99 Å². The maximum Gasteiger partial charge on any atom is 0.295 e. The average molecular weight is 539 g/mol. The molecule has 2 N–H and O–H groups in total. The second-order valence-corrected chi connectivity index (χ2v) is 11.6. The SMILES string of the molecule is O=S(=O)(Nc1cc(Cl)ccc1NS(=O)(=O)c1ccccc1-c1ccccc1)c1cc2ccccc2o1. The minimum absolute atomic E-state index is 0.00181. The van der Waals surface area contributed by atoms with Crippen LogP contribution in [0.15, 0.2) is 118 Å². The smallest absolute Gasteiger partial charge is 0.295 e. The number of hydrogen-bond donors (Lipinski definition) is 2. The highest BCUT2D eigenvalue weighted by molar-refractivity contribution is 7.93. The van der Waals surface area contributed by atoms with E-state index in [4.69, 9.17) is 16.0 Å². The van der Waals surface area contributed by atoms with Crippen LogP contribution in [0, 0.1) is 0 Å². The molecule has 0 spiro atoms. The fourth-order valence-electron chi connectivity index (χ4n) is 3.73. The Balaban J connectivity index is 1.51. The van der Waals surface area contributed by atoms with Crippen molar-refractivity contribution in [3.8, 4) is 11.1 Å². The van der Waals surface area contributed by atoms with Gasteiger partial charge in [0, 0.05) is 22.0 Å². The quantitative estimate of drug-likeness (QED) is 0.251. The van der Waals surface area contributed by atoms with E-state index in [-0.39, 0.29) is 26.4 Å². The molecule has 0 fully saturated rings. The number of benzene rings is 4. The molecular weight excluding hydrogens is 520 g/mol. The van der Waals surface area contributed by atoms with Crippen LogP contribution in [0.5, 0.6) is 0 Å². The lowest BCUT2D eigenvalue weighted by molar-refractivity contribution is 0.484. The molecule has 1 heterocycles. The first kappa shape index (κ1) is 23.9. The van der Waals surface area contributed by atoms with Gasteiger partial charge in [-0.1, -0.05) is 78.3 Å². The van der Waals surface area contributed by atoms with Gasteiger partial charge >= 0.3 is 0 Å². The van der Waals surface area contributed by atoms with Crippen molar-refractivity contribution < 1.29 is 21.3 Å². The fourth-order valence-corrected chi connectivity index (χ4v) is 6.26. The second-order valence-electron chi connectivity index (χ2n) is 7.87. The summed E-state index contributed by atoms with van der Waals surface area (Å²) >= 11 is 6.11. The summed E-state index contributed by atoms with van der Waals surface area (Å²) in [6.45, 7) is 0. The third-order valence-electron chi connectivity index (χ3n) is 5.40. The van der Waals surface area contributed by atoms with Crippen molar-refractivity contribution in [1.29, 1.82) is 0 Å².